The van der Waals surface area contributed by atoms with E-state index in [4.69, 9.17) is 7.85 Å². The van der Waals surface area contributed by atoms with Crippen molar-refractivity contribution < 1.29 is 4.79 Å². The topological polar surface area (TPSA) is 17.1 Å². The van der Waals surface area contributed by atoms with E-state index in [9.17, 15) is 4.79 Å². The number of carbonyl (C=O) groups is 1. The van der Waals surface area contributed by atoms with Crippen LogP contribution in [-0.2, 0) is 0 Å². The van der Waals surface area contributed by atoms with Crippen LogP contribution in [0.3, 0.4) is 0 Å². The average molecular weight is 208 g/mol. The second-order valence-electron chi connectivity index (χ2n) is 4.07. The van der Waals surface area contributed by atoms with Crippen LogP contribution < -0.4 is 0 Å². The Balaban J connectivity index is 2.65. The van der Waals surface area contributed by atoms with Crippen LogP contribution in [0.2, 0.25) is 6.32 Å². The van der Waals surface area contributed by atoms with Gasteiger partial charge in [0.15, 0.2) is 5.78 Å². The number of aryl methyl sites for hydroxylation is 2. The summed E-state index contributed by atoms with van der Waals surface area (Å²) in [5, 5.41) is 2.30. The van der Waals surface area contributed by atoms with Gasteiger partial charge in [0.05, 0.1) is 7.85 Å². The molecular formula is C14H13BO. The Morgan fingerprint density at radius 1 is 1.19 bits per heavy atom. The van der Waals surface area contributed by atoms with Crippen LogP contribution in [0.4, 0.5) is 0 Å². The van der Waals surface area contributed by atoms with Crippen LogP contribution in [0.5, 0.6) is 0 Å². The predicted octanol–water partition coefficient (Wildman–Crippen LogP) is 3.23. The number of carbonyl (C=O) groups excluding carboxylic acids is 1. The summed E-state index contributed by atoms with van der Waals surface area (Å²) in [6, 6.07) is 9.89. The fourth-order valence-corrected chi connectivity index (χ4v) is 1.89. The number of Topliss-reactive ketones (excluding diaryl/α,β-unsaturated/α-hetero) is 1. The molecule has 0 aliphatic heterocycles. The van der Waals surface area contributed by atoms with Gasteiger partial charge in [-0.05, 0) is 48.1 Å². The van der Waals surface area contributed by atoms with E-state index in [-0.39, 0.29) is 12.1 Å². The van der Waals surface area contributed by atoms with Crippen molar-refractivity contribution in [3.05, 3.63) is 47.0 Å². The number of rotatable bonds is 2. The lowest BCUT2D eigenvalue weighted by Crippen LogP contribution is -1.97. The maximum atomic E-state index is 11.5. The van der Waals surface area contributed by atoms with Gasteiger partial charge in [0, 0.05) is 5.56 Å². The fourth-order valence-electron chi connectivity index (χ4n) is 1.89. The molecule has 0 saturated carbocycles. The Bertz CT molecular complexity index is 558. The van der Waals surface area contributed by atoms with E-state index >= 15 is 0 Å². The standard InChI is InChI=1S/C14H13BO/c1-9-3-4-11-7-12(14(16)8-15)5-6-13(11)10(9)2/h3-7H,8H2,1-2H3. The lowest BCUT2D eigenvalue weighted by Gasteiger charge is -2.07. The zero-order valence-electron chi connectivity index (χ0n) is 9.58. The molecule has 1 nitrogen and oxygen atoms in total. The van der Waals surface area contributed by atoms with Crippen molar-refractivity contribution in [1.82, 2.24) is 0 Å². The van der Waals surface area contributed by atoms with Crippen LogP contribution in [0.1, 0.15) is 21.5 Å². The largest absolute Gasteiger partial charge is 0.295 e. The molecule has 2 aromatic rings. The number of benzene rings is 2. The van der Waals surface area contributed by atoms with E-state index in [0.717, 1.165) is 5.39 Å². The van der Waals surface area contributed by atoms with Gasteiger partial charge in [0.25, 0.3) is 0 Å². The maximum Gasteiger partial charge on any atom is 0.154 e. The molecule has 78 valence electrons. The van der Waals surface area contributed by atoms with Gasteiger partial charge >= 0.3 is 0 Å². The minimum absolute atomic E-state index is 0.0138. The first-order chi connectivity index (χ1) is 7.63. The van der Waals surface area contributed by atoms with E-state index in [0.29, 0.717) is 5.56 Å². The molecule has 0 fully saturated rings. The second kappa shape index (κ2) is 4.13. The van der Waals surface area contributed by atoms with E-state index in [1.165, 1.54) is 16.5 Å². The summed E-state index contributed by atoms with van der Waals surface area (Å²) in [6.45, 7) is 4.19. The van der Waals surface area contributed by atoms with E-state index in [2.05, 4.69) is 19.9 Å². The SMILES string of the molecule is [B]CC(=O)c1ccc2c(C)c(C)ccc2c1. The molecule has 0 heterocycles. The summed E-state index contributed by atoms with van der Waals surface area (Å²) < 4.78 is 0. The lowest BCUT2D eigenvalue weighted by atomic mass is 9.93. The van der Waals surface area contributed by atoms with Crippen molar-refractivity contribution in [1.29, 1.82) is 0 Å². The molecule has 2 rings (SSSR count). The number of hydrogen-bond donors (Lipinski definition) is 0. The fraction of sp³-hybridized carbons (Fsp3) is 0.214. The van der Waals surface area contributed by atoms with Crippen molar-refractivity contribution in [3.8, 4) is 0 Å². The van der Waals surface area contributed by atoms with Crippen LogP contribution in [-0.4, -0.2) is 13.6 Å². The van der Waals surface area contributed by atoms with E-state index in [1.54, 1.807) is 0 Å². The van der Waals surface area contributed by atoms with Crippen LogP contribution in [0, 0.1) is 13.8 Å². The van der Waals surface area contributed by atoms with Crippen molar-refractivity contribution in [3.63, 3.8) is 0 Å². The molecule has 2 radical (unpaired) electrons. The van der Waals surface area contributed by atoms with Crippen molar-refractivity contribution in [2.75, 3.05) is 0 Å². The van der Waals surface area contributed by atoms with Crippen molar-refractivity contribution in [2.24, 2.45) is 0 Å². The maximum absolute atomic E-state index is 11.5. The van der Waals surface area contributed by atoms with E-state index < -0.39 is 0 Å². The summed E-state index contributed by atoms with van der Waals surface area (Å²) >= 11 is 0. The van der Waals surface area contributed by atoms with Gasteiger partial charge in [0.2, 0.25) is 0 Å². The normalized spacial score (nSPS) is 10.6. The van der Waals surface area contributed by atoms with Crippen LogP contribution >= 0.6 is 0 Å². The molecule has 0 amide bonds. The van der Waals surface area contributed by atoms with Crippen molar-refractivity contribution >= 4 is 24.4 Å². The highest BCUT2D eigenvalue weighted by Crippen LogP contribution is 2.23. The molecular weight excluding hydrogens is 195 g/mol. The number of fused-ring (bicyclic) bond motifs is 1. The van der Waals surface area contributed by atoms with Crippen molar-refractivity contribution in [2.45, 2.75) is 20.2 Å². The molecule has 2 aromatic carbocycles. The van der Waals surface area contributed by atoms with Gasteiger partial charge in [-0.3, -0.25) is 4.79 Å². The first kappa shape index (κ1) is 10.9. The summed E-state index contributed by atoms with van der Waals surface area (Å²) in [4.78, 5) is 11.5. The molecule has 16 heavy (non-hydrogen) atoms. The molecule has 0 aromatic heterocycles. The Morgan fingerprint density at radius 3 is 2.62 bits per heavy atom. The monoisotopic (exact) mass is 208 g/mol. The second-order valence-corrected chi connectivity index (χ2v) is 4.07. The zero-order chi connectivity index (χ0) is 11.7. The average Bonchev–Trinajstić information content (AvgIpc) is 2.32. The minimum Gasteiger partial charge on any atom is -0.295 e. The summed E-state index contributed by atoms with van der Waals surface area (Å²) in [5.41, 5.74) is 3.23. The van der Waals surface area contributed by atoms with Gasteiger partial charge in [-0.2, -0.15) is 0 Å². The molecule has 2 heteroatoms. The van der Waals surface area contributed by atoms with Gasteiger partial charge in [-0.1, -0.05) is 24.3 Å². The summed E-state index contributed by atoms with van der Waals surface area (Å²) in [5.74, 6) is -0.0138. The third-order valence-corrected chi connectivity index (χ3v) is 3.07. The lowest BCUT2D eigenvalue weighted by molar-refractivity contribution is 0.101. The highest BCUT2D eigenvalue weighted by molar-refractivity contribution is 6.24. The Hall–Kier alpha value is -1.57. The zero-order valence-corrected chi connectivity index (χ0v) is 9.58. The number of ketones is 1. The molecule has 0 bridgehead atoms. The summed E-state index contributed by atoms with van der Waals surface area (Å²) in [7, 11) is 5.35. The third-order valence-electron chi connectivity index (χ3n) is 3.07. The summed E-state index contributed by atoms with van der Waals surface area (Å²) in [6.07, 6.45) is 0.0658. The van der Waals surface area contributed by atoms with Gasteiger partial charge in [-0.15, -0.1) is 0 Å². The van der Waals surface area contributed by atoms with Crippen LogP contribution in [0.25, 0.3) is 10.8 Å². The minimum atomic E-state index is -0.0138. The molecule has 0 unspecified atom stereocenters. The highest BCUT2D eigenvalue weighted by atomic mass is 16.1. The smallest absolute Gasteiger partial charge is 0.154 e. The predicted molar refractivity (Wildman–Crippen MR) is 68.3 cm³/mol. The molecule has 0 atom stereocenters. The first-order valence-electron chi connectivity index (χ1n) is 5.36. The molecule has 0 aliphatic carbocycles. The van der Waals surface area contributed by atoms with Gasteiger partial charge < -0.3 is 0 Å². The quantitative estimate of drug-likeness (QED) is 0.546. The van der Waals surface area contributed by atoms with E-state index in [1.807, 2.05) is 24.3 Å². The molecule has 0 saturated heterocycles. The first-order valence-corrected chi connectivity index (χ1v) is 5.36. The Labute approximate surface area is 96.9 Å². The highest BCUT2D eigenvalue weighted by Gasteiger charge is 2.05. The van der Waals surface area contributed by atoms with Gasteiger partial charge in [-0.25, -0.2) is 0 Å². The molecule has 0 N–H and O–H groups in total. The molecule has 0 spiro atoms. The molecule has 0 aliphatic rings. The Kier molecular flexibility index (Phi) is 2.82. The Morgan fingerprint density at radius 2 is 1.94 bits per heavy atom. The third kappa shape index (κ3) is 1.76. The number of hydrogen-bond acceptors (Lipinski definition) is 1. The van der Waals surface area contributed by atoms with Gasteiger partial charge in [0.1, 0.15) is 0 Å². The van der Waals surface area contributed by atoms with Crippen LogP contribution in [0.15, 0.2) is 30.3 Å².